The zero-order chi connectivity index (χ0) is 47.6. The third kappa shape index (κ3) is 7.93. The maximum Gasteiger partial charge on any atom is 0.329 e. The molecular weight excluding hydrogens is 894 g/mol. The van der Waals surface area contributed by atoms with Gasteiger partial charge in [-0.25, -0.2) is 13.6 Å². The highest BCUT2D eigenvalue weighted by Crippen LogP contribution is 2.56. The van der Waals surface area contributed by atoms with Gasteiger partial charge in [0.15, 0.2) is 23.0 Å². The predicted molar refractivity (Wildman–Crippen MR) is 253 cm³/mol. The standard InChI is InChI=1S/C51H55ClF2N8O6/c1-28-42-40(24-37(53)45(52)44(42)43-36(47(55)64)15-16-39(67-3)46(43)54)68-51(28,32-7-5-4-6-8-32)27-56-33-12-9-29(10-13-33)49(65)60-20-17-34(18-21-60)61-25-31(26-61)30-11-14-35-38(23-30)59(2)58-48(35)62-22-19-41(63)57-50(62)66/h4-8,11,14-16,23-24,28-29,31,33-34,56H,9-10,12-13,17-22,25-27H2,1-3H3,(H2,55,64)(H,57,63,66). The van der Waals surface area contributed by atoms with E-state index in [4.69, 9.17) is 26.8 Å². The summed E-state index contributed by atoms with van der Waals surface area (Å²) in [6, 6.07) is 19.9. The summed E-state index contributed by atoms with van der Waals surface area (Å²) in [4.78, 5) is 57.0. The Kier molecular flexibility index (Phi) is 12.2. The molecule has 10 rings (SSSR count). The second kappa shape index (κ2) is 18.1. The fraction of sp³-hybridized carbons (Fsp3) is 0.431. The number of urea groups is 1. The molecule has 0 spiro atoms. The number of aromatic nitrogens is 2. The van der Waals surface area contributed by atoms with Crippen molar-refractivity contribution in [1.82, 2.24) is 30.2 Å². The topological polar surface area (TPSA) is 164 Å². The number of carbonyl (C=O) groups is 4. The van der Waals surface area contributed by atoms with E-state index in [2.05, 4.69) is 37.7 Å². The summed E-state index contributed by atoms with van der Waals surface area (Å²) < 4.78 is 45.8. The number of amides is 5. The van der Waals surface area contributed by atoms with Gasteiger partial charge in [-0.15, -0.1) is 0 Å². The van der Waals surface area contributed by atoms with E-state index in [1.165, 1.54) is 35.8 Å². The number of hydrogen-bond donors (Lipinski definition) is 3. The zero-order valence-electron chi connectivity index (χ0n) is 38.3. The van der Waals surface area contributed by atoms with Gasteiger partial charge in [0.1, 0.15) is 11.6 Å². The van der Waals surface area contributed by atoms with Crippen LogP contribution in [0.4, 0.5) is 19.4 Å². The number of methoxy groups -OCH3 is 1. The molecule has 5 aliphatic rings. The van der Waals surface area contributed by atoms with Crippen LogP contribution in [0.25, 0.3) is 22.0 Å². The molecule has 5 amide bonds. The lowest BCUT2D eigenvalue weighted by Crippen LogP contribution is -2.55. The number of hydrogen-bond acceptors (Lipinski definition) is 9. The highest BCUT2D eigenvalue weighted by molar-refractivity contribution is 6.34. The van der Waals surface area contributed by atoms with Crippen LogP contribution in [0.2, 0.25) is 5.02 Å². The Hall–Kier alpha value is -6.10. The number of likely N-dealkylation sites (tertiary alicyclic amines) is 2. The number of ether oxygens (including phenoxy) is 2. The summed E-state index contributed by atoms with van der Waals surface area (Å²) in [6.07, 6.45) is 5.20. The molecule has 4 aliphatic heterocycles. The van der Waals surface area contributed by atoms with Gasteiger partial charge in [-0.05, 0) is 73.9 Å². The van der Waals surface area contributed by atoms with E-state index in [1.807, 2.05) is 50.4 Å². The zero-order valence-corrected chi connectivity index (χ0v) is 39.1. The van der Waals surface area contributed by atoms with E-state index in [0.29, 0.717) is 36.4 Å². The Bertz CT molecular complexity index is 2820. The molecule has 68 heavy (non-hydrogen) atoms. The van der Waals surface area contributed by atoms with Crippen LogP contribution >= 0.6 is 11.6 Å². The van der Waals surface area contributed by atoms with Gasteiger partial charge in [0, 0.05) is 111 Å². The first-order chi connectivity index (χ1) is 32.8. The number of imide groups is 1. The summed E-state index contributed by atoms with van der Waals surface area (Å²) in [7, 11) is 3.17. The fourth-order valence-corrected chi connectivity index (χ4v) is 11.7. The van der Waals surface area contributed by atoms with Crippen molar-refractivity contribution in [2.75, 3.05) is 51.3 Å². The van der Waals surface area contributed by atoms with Gasteiger partial charge in [-0.1, -0.05) is 54.9 Å². The summed E-state index contributed by atoms with van der Waals surface area (Å²) in [5, 5.41) is 11.3. The van der Waals surface area contributed by atoms with Crippen LogP contribution in [-0.4, -0.2) is 102 Å². The molecular formula is C51H55ClF2N8O6. The quantitative estimate of drug-likeness (QED) is 0.123. The minimum absolute atomic E-state index is 0.00313. The van der Waals surface area contributed by atoms with Crippen LogP contribution in [0.5, 0.6) is 11.5 Å². The van der Waals surface area contributed by atoms with E-state index in [0.717, 1.165) is 81.2 Å². The highest BCUT2D eigenvalue weighted by atomic mass is 35.5. The number of nitrogens with two attached hydrogens (primary N) is 1. The summed E-state index contributed by atoms with van der Waals surface area (Å²) >= 11 is 6.70. The van der Waals surface area contributed by atoms with Crippen molar-refractivity contribution < 1.29 is 37.4 Å². The molecule has 356 valence electrons. The number of nitrogens with zero attached hydrogens (tertiary/aromatic N) is 5. The number of halogens is 3. The number of rotatable bonds is 11. The van der Waals surface area contributed by atoms with Crippen molar-refractivity contribution in [3.8, 4) is 22.6 Å². The van der Waals surface area contributed by atoms with Crippen LogP contribution in [0.1, 0.15) is 90.8 Å². The summed E-state index contributed by atoms with van der Waals surface area (Å²) in [6.45, 7) is 5.94. The average Bonchev–Trinajstić information content (AvgIpc) is 3.80. The van der Waals surface area contributed by atoms with Crippen molar-refractivity contribution in [2.24, 2.45) is 18.7 Å². The number of aryl methyl sites for hydroxylation is 1. The molecule has 1 aliphatic carbocycles. The van der Waals surface area contributed by atoms with Crippen molar-refractivity contribution >= 4 is 52.1 Å². The largest absolute Gasteiger partial charge is 0.494 e. The summed E-state index contributed by atoms with van der Waals surface area (Å²) in [5.74, 6) is -2.24. The molecule has 4 fully saturated rings. The Morgan fingerprint density at radius 1 is 0.971 bits per heavy atom. The van der Waals surface area contributed by atoms with Gasteiger partial charge < -0.3 is 25.4 Å². The first-order valence-electron chi connectivity index (χ1n) is 23.5. The number of primary amides is 1. The number of nitrogens with one attached hydrogen (secondary N) is 2. The normalized spacial score (nSPS) is 23.6. The molecule has 4 aromatic carbocycles. The van der Waals surface area contributed by atoms with Gasteiger partial charge in [0.25, 0.3) is 0 Å². The van der Waals surface area contributed by atoms with Crippen molar-refractivity contribution in [3.63, 3.8) is 0 Å². The van der Waals surface area contributed by atoms with Gasteiger partial charge >= 0.3 is 6.03 Å². The Morgan fingerprint density at radius 2 is 1.71 bits per heavy atom. The van der Waals surface area contributed by atoms with Crippen LogP contribution in [0, 0.1) is 17.6 Å². The van der Waals surface area contributed by atoms with Gasteiger partial charge in [-0.3, -0.25) is 34.2 Å². The van der Waals surface area contributed by atoms with Crippen molar-refractivity contribution in [3.05, 3.63) is 106 Å². The van der Waals surface area contributed by atoms with E-state index in [1.54, 1.807) is 4.68 Å². The molecule has 14 nitrogen and oxygen atoms in total. The smallest absolute Gasteiger partial charge is 0.329 e. The lowest BCUT2D eigenvalue weighted by atomic mass is 9.77. The molecule has 5 heterocycles. The second-order valence-corrected chi connectivity index (χ2v) is 19.4. The highest BCUT2D eigenvalue weighted by Gasteiger charge is 2.50. The minimum Gasteiger partial charge on any atom is -0.494 e. The van der Waals surface area contributed by atoms with Crippen LogP contribution in [0.3, 0.4) is 0 Å². The Labute approximate surface area is 398 Å². The van der Waals surface area contributed by atoms with E-state index in [9.17, 15) is 19.2 Å². The van der Waals surface area contributed by atoms with E-state index >= 15 is 8.78 Å². The maximum absolute atomic E-state index is 16.2. The third-order valence-electron chi connectivity index (χ3n) is 15.3. The molecule has 0 radical (unpaired) electrons. The number of piperidine rings is 1. The molecule has 17 heteroatoms. The van der Waals surface area contributed by atoms with Crippen LogP contribution < -0.4 is 30.7 Å². The first kappa shape index (κ1) is 45.7. The minimum atomic E-state index is -1.07. The Morgan fingerprint density at radius 3 is 2.40 bits per heavy atom. The second-order valence-electron chi connectivity index (χ2n) is 19.0. The van der Waals surface area contributed by atoms with E-state index < -0.39 is 35.1 Å². The molecule has 2 atom stereocenters. The number of benzene rings is 4. The molecule has 3 saturated heterocycles. The SMILES string of the molecule is COc1ccc(C(N)=O)c(-c2c(Cl)c(F)cc3c2C(C)C(CNC2CCC(C(=O)N4CCC(N5CC(c6ccc7c(N8CCC(=O)NC8=O)nn(C)c7c6)C5)CC4)CC2)(c2ccccc2)O3)c1F. The first-order valence-corrected chi connectivity index (χ1v) is 23.9. The number of fused-ring (bicyclic) bond motifs is 2. The van der Waals surface area contributed by atoms with Crippen molar-refractivity contribution in [2.45, 2.75) is 81.4 Å². The van der Waals surface area contributed by atoms with Crippen LogP contribution in [0.15, 0.2) is 66.7 Å². The number of carbonyl (C=O) groups excluding carboxylic acids is 4. The monoisotopic (exact) mass is 948 g/mol. The van der Waals surface area contributed by atoms with Gasteiger partial charge in [0.05, 0.1) is 23.2 Å². The van der Waals surface area contributed by atoms with Crippen LogP contribution in [-0.2, 0) is 22.2 Å². The maximum atomic E-state index is 16.2. The fourth-order valence-electron chi connectivity index (χ4n) is 11.4. The summed E-state index contributed by atoms with van der Waals surface area (Å²) in [5.41, 5.74) is 7.72. The van der Waals surface area contributed by atoms with Gasteiger partial charge in [0.2, 0.25) is 17.7 Å². The lowest BCUT2D eigenvalue weighted by Gasteiger charge is -2.47. The molecule has 5 aromatic rings. The number of anilines is 1. The molecule has 1 saturated carbocycles. The van der Waals surface area contributed by atoms with Gasteiger partial charge in [-0.2, -0.15) is 5.10 Å². The molecule has 4 N–H and O–H groups in total. The van der Waals surface area contributed by atoms with E-state index in [-0.39, 0.29) is 63.4 Å². The Balaban J connectivity index is 0.754. The lowest BCUT2D eigenvalue weighted by molar-refractivity contribution is -0.138. The molecule has 0 bridgehead atoms. The predicted octanol–water partition coefficient (Wildman–Crippen LogP) is 7.36. The molecule has 1 aromatic heterocycles. The average molecular weight is 949 g/mol. The molecule has 2 unspecified atom stereocenters. The third-order valence-corrected chi connectivity index (χ3v) is 15.7. The van der Waals surface area contributed by atoms with Crippen molar-refractivity contribution in [1.29, 1.82) is 0 Å².